The number of H-pyrrole nitrogens is 1. The van der Waals surface area contributed by atoms with Gasteiger partial charge in [0.25, 0.3) is 13.1 Å². The van der Waals surface area contributed by atoms with Crippen molar-refractivity contribution in [2.45, 2.75) is 36.6 Å². The van der Waals surface area contributed by atoms with E-state index in [-0.39, 0.29) is 22.7 Å². The molecule has 13 nitrogen and oxygen atoms in total. The van der Waals surface area contributed by atoms with E-state index in [0.717, 1.165) is 0 Å². The van der Waals surface area contributed by atoms with Crippen molar-refractivity contribution in [3.63, 3.8) is 0 Å². The largest absolute Gasteiger partial charge is 0.411 e. The first-order chi connectivity index (χ1) is 15.4. The van der Waals surface area contributed by atoms with Crippen LogP contribution >= 0.6 is 26.9 Å². The van der Waals surface area contributed by atoms with Crippen LogP contribution in [0.15, 0.2) is 17.4 Å². The maximum Gasteiger partial charge on any atom is 0.411 e. The third kappa shape index (κ3) is 4.23. The van der Waals surface area contributed by atoms with Crippen LogP contribution in [0.2, 0.25) is 0 Å². The summed E-state index contributed by atoms with van der Waals surface area (Å²) < 4.78 is 35.6. The second-order valence-electron chi connectivity index (χ2n) is 7.23. The molecule has 7 unspecified atom stereocenters. The fourth-order valence-corrected chi connectivity index (χ4v) is 7.47. The number of nitrogens with two attached hydrogens (primary N) is 1. The molecule has 2 fully saturated rings. The van der Waals surface area contributed by atoms with Gasteiger partial charge in [-0.15, -0.1) is 0 Å². The number of ether oxygens (including phenoxy) is 2. The highest BCUT2D eigenvalue weighted by Gasteiger charge is 2.69. The molecule has 0 radical (unpaired) electrons. The lowest BCUT2D eigenvalue weighted by molar-refractivity contribution is -0.0526. The van der Waals surface area contributed by atoms with Gasteiger partial charge in [0.05, 0.1) is 33.0 Å². The Bertz CT molecular complexity index is 989. The Labute approximate surface area is 189 Å². The van der Waals surface area contributed by atoms with Crippen LogP contribution in [0.5, 0.6) is 0 Å². The Hall–Kier alpha value is -0.760. The number of nitrogens with one attached hydrogen (secondary N) is 1. The zero-order valence-electron chi connectivity index (χ0n) is 17.9. The van der Waals surface area contributed by atoms with Gasteiger partial charge in [-0.05, 0) is 6.26 Å². The molecular weight excluding hydrogens is 484 g/mol. The van der Waals surface area contributed by atoms with E-state index in [4.69, 9.17) is 33.6 Å². The lowest BCUT2D eigenvalue weighted by Gasteiger charge is -2.25. The van der Waals surface area contributed by atoms with Crippen molar-refractivity contribution >= 4 is 38.1 Å². The zero-order valence-corrected chi connectivity index (χ0v) is 20.5. The van der Waals surface area contributed by atoms with Gasteiger partial charge in [-0.3, -0.25) is 9.36 Å². The van der Waals surface area contributed by atoms with Gasteiger partial charge < -0.3 is 19.0 Å². The van der Waals surface area contributed by atoms with Crippen LogP contribution in [0.4, 0.5) is 0 Å². The van der Waals surface area contributed by atoms with Crippen LogP contribution in [-0.2, 0) is 27.7 Å². The summed E-state index contributed by atoms with van der Waals surface area (Å²) in [6.07, 6.45) is 2.89. The quantitative estimate of drug-likeness (QED) is 0.311. The second-order valence-corrected chi connectivity index (χ2v) is 13.0. The van der Waals surface area contributed by atoms with Crippen molar-refractivity contribution in [3.8, 4) is 0 Å². The van der Waals surface area contributed by atoms with Gasteiger partial charge >= 0.3 is 7.94 Å². The Morgan fingerprint density at radius 2 is 2.09 bits per heavy atom. The van der Waals surface area contributed by atoms with Gasteiger partial charge in [-0.25, -0.2) is 20.5 Å². The number of imidazole rings is 1. The van der Waals surface area contributed by atoms with Crippen LogP contribution in [0.1, 0.15) is 12.6 Å². The van der Waals surface area contributed by atoms with Crippen molar-refractivity contribution in [2.75, 3.05) is 27.6 Å². The fraction of sp³-hybridized carbons (Fsp3) is 0.688. The van der Waals surface area contributed by atoms with E-state index in [1.807, 2.05) is 6.26 Å². The summed E-state index contributed by atoms with van der Waals surface area (Å²) >= 11 is 1.34. The smallest absolute Gasteiger partial charge is 0.374 e. The number of fused-ring (bicyclic) bond motifs is 1. The number of rotatable bonds is 10. The van der Waals surface area contributed by atoms with E-state index in [0.29, 0.717) is 12.1 Å². The highest BCUT2D eigenvalue weighted by atomic mass is 32.7. The van der Waals surface area contributed by atoms with E-state index in [2.05, 4.69) is 15.0 Å². The van der Waals surface area contributed by atoms with Crippen LogP contribution in [0.3, 0.4) is 0 Å². The molecule has 3 heterocycles. The average molecular weight is 510 g/mol. The van der Waals surface area contributed by atoms with E-state index >= 15 is 0 Å². The van der Waals surface area contributed by atoms with Crippen LogP contribution in [-0.4, -0.2) is 76.0 Å². The molecule has 32 heavy (non-hydrogen) atoms. The Morgan fingerprint density at radius 1 is 1.34 bits per heavy atom. The van der Waals surface area contributed by atoms with E-state index in [9.17, 15) is 9.69 Å². The summed E-state index contributed by atoms with van der Waals surface area (Å²) in [4.78, 5) is 33.8. The molecule has 0 bridgehead atoms. The van der Waals surface area contributed by atoms with E-state index in [1.165, 1.54) is 38.3 Å². The summed E-state index contributed by atoms with van der Waals surface area (Å²) in [7, 11) is -0.113. The van der Waals surface area contributed by atoms with Gasteiger partial charge in [-0.1, -0.05) is 11.4 Å². The molecule has 1 saturated carbocycles. The van der Waals surface area contributed by atoms with Crippen LogP contribution in [0, 0.1) is 5.92 Å². The van der Waals surface area contributed by atoms with E-state index < -0.39 is 40.1 Å². The number of hydrogen-bond donors (Lipinski definition) is 3. The molecule has 4 rings (SSSR count). The van der Waals surface area contributed by atoms with Crippen molar-refractivity contribution < 1.29 is 32.6 Å². The monoisotopic (exact) mass is 510 g/mol. The van der Waals surface area contributed by atoms with E-state index in [1.54, 1.807) is 11.7 Å². The number of nitrogens with zero attached hydrogens (tertiary/aromatic N) is 3. The molecule has 0 amide bonds. The minimum absolute atomic E-state index is 0.108. The molecular formula is C16H26N5O8P2S+. The maximum absolute atomic E-state index is 12.1. The number of aromatic amines is 1. The summed E-state index contributed by atoms with van der Waals surface area (Å²) in [5, 5.41) is 0. The molecule has 2 aliphatic rings. The summed E-state index contributed by atoms with van der Waals surface area (Å²) in [6, 6.07) is 0. The molecule has 7 atom stereocenters. The third-order valence-corrected chi connectivity index (χ3v) is 10.5. The molecule has 2 aromatic rings. The van der Waals surface area contributed by atoms with Crippen molar-refractivity contribution in [1.82, 2.24) is 19.5 Å². The minimum atomic E-state index is -3.04. The molecule has 1 aliphatic heterocycles. The summed E-state index contributed by atoms with van der Waals surface area (Å²) in [6.45, 7) is 0. The highest BCUT2D eigenvalue weighted by molar-refractivity contribution is 8.52. The normalized spacial score (nSPS) is 31.3. The molecule has 2 aromatic heterocycles. The lowest BCUT2D eigenvalue weighted by Crippen LogP contribution is -2.36. The predicted octanol–water partition coefficient (Wildman–Crippen LogP) is 1.33. The molecule has 0 aromatic carbocycles. The number of methoxy groups -OCH3 is 1. The minimum Gasteiger partial charge on any atom is -0.374 e. The van der Waals surface area contributed by atoms with Crippen molar-refractivity contribution in [2.24, 2.45) is 11.8 Å². The van der Waals surface area contributed by atoms with Gasteiger partial charge in [0, 0.05) is 19.4 Å². The molecule has 1 saturated heterocycles. The zero-order chi connectivity index (χ0) is 23.0. The Kier molecular flexibility index (Phi) is 7.50. The third-order valence-electron chi connectivity index (χ3n) is 5.75. The van der Waals surface area contributed by atoms with Gasteiger partial charge in [0.2, 0.25) is 0 Å². The van der Waals surface area contributed by atoms with Crippen molar-refractivity contribution in [3.05, 3.63) is 23.0 Å². The first kappa shape index (κ1) is 24.4. The summed E-state index contributed by atoms with van der Waals surface area (Å²) in [5.74, 6) is 5.30. The predicted molar refractivity (Wildman–Crippen MR) is 118 cm³/mol. The Balaban J connectivity index is 1.68. The second kappa shape index (κ2) is 9.85. The van der Waals surface area contributed by atoms with Gasteiger partial charge in [0.1, 0.15) is 12.2 Å². The first-order valence-electron chi connectivity index (χ1n) is 9.61. The molecule has 178 valence electrons. The molecule has 4 N–H and O–H groups in total. The molecule has 0 spiro atoms. The SMILES string of the molecule is COC1C(OP(ON)SC)C(C2CC2[P+](O)(OC)OC)OC1n1cnc2c(=O)[nH]cnc21. The lowest BCUT2D eigenvalue weighted by atomic mass is 10.1. The molecule has 1 aliphatic carbocycles. The Morgan fingerprint density at radius 3 is 2.72 bits per heavy atom. The summed E-state index contributed by atoms with van der Waals surface area (Å²) in [5.41, 5.74) is -0.0473. The van der Waals surface area contributed by atoms with Crippen LogP contribution < -0.4 is 11.5 Å². The maximum atomic E-state index is 12.1. The fourth-order valence-electron chi connectivity index (χ4n) is 4.14. The first-order valence-corrected chi connectivity index (χ1v) is 14.3. The standard InChI is InChI=1S/C16H25N5O8P2S/c1-24-13-12(28-30(29-17)32-4)11(8-5-9(8)31(23,25-2)26-3)27-16(13)21-7-20-10-14(21)18-6-19-15(10)22/h6-9,11-13,16,23H,5,17H2,1-4H3/p+1. The number of hydrogen-bond acceptors (Lipinski definition) is 12. The van der Waals surface area contributed by atoms with Crippen LogP contribution in [0.25, 0.3) is 11.2 Å². The van der Waals surface area contributed by atoms with Gasteiger partial charge in [0.15, 0.2) is 23.1 Å². The number of aromatic nitrogens is 4. The topological polar surface area (TPSA) is 165 Å². The molecule has 16 heteroatoms. The average Bonchev–Trinajstić information content (AvgIpc) is 3.37. The highest BCUT2D eigenvalue weighted by Crippen LogP contribution is 2.72. The van der Waals surface area contributed by atoms with Crippen molar-refractivity contribution in [1.29, 1.82) is 0 Å². The van der Waals surface area contributed by atoms with Gasteiger partial charge in [-0.2, -0.15) is 13.9 Å².